The van der Waals surface area contributed by atoms with E-state index in [0.29, 0.717) is 13.1 Å². The van der Waals surface area contributed by atoms with E-state index in [1.54, 1.807) is 4.90 Å². The highest BCUT2D eigenvalue weighted by Gasteiger charge is 2.16. The number of amides is 1. The van der Waals surface area contributed by atoms with Crippen molar-refractivity contribution < 1.29 is 9.18 Å². The highest BCUT2D eigenvalue weighted by atomic mass is 19.1. The molecule has 0 spiro atoms. The minimum Gasteiger partial charge on any atom is -0.333 e. The molecule has 0 radical (unpaired) electrons. The van der Waals surface area contributed by atoms with Gasteiger partial charge in [0, 0.05) is 13.1 Å². The molecule has 0 aliphatic heterocycles. The van der Waals surface area contributed by atoms with Crippen LogP contribution < -0.4 is 0 Å². The molecule has 1 amide bonds. The molecule has 0 unspecified atom stereocenters. The van der Waals surface area contributed by atoms with Gasteiger partial charge in [0.25, 0.3) is 5.91 Å². The maximum absolute atomic E-state index is 13.1. The topological polar surface area (TPSA) is 33.2 Å². The molecule has 20 heavy (non-hydrogen) atoms. The molecule has 0 aliphatic carbocycles. The number of carbonyl (C=O) groups is 1. The molecular weight excluding hydrogens is 255 g/mol. The SMILES string of the molecule is CCN(Cc1ccccc1C)C(=O)c1cccc(F)n1. The average molecular weight is 272 g/mol. The van der Waals surface area contributed by atoms with E-state index in [0.717, 1.165) is 11.1 Å². The summed E-state index contributed by atoms with van der Waals surface area (Å²) in [5.74, 6) is -0.891. The highest BCUT2D eigenvalue weighted by Crippen LogP contribution is 2.12. The fraction of sp³-hybridized carbons (Fsp3) is 0.250. The van der Waals surface area contributed by atoms with Gasteiger partial charge in [-0.25, -0.2) is 4.98 Å². The molecule has 0 saturated carbocycles. The maximum Gasteiger partial charge on any atom is 0.272 e. The lowest BCUT2D eigenvalue weighted by Gasteiger charge is -2.21. The van der Waals surface area contributed by atoms with Crippen LogP contribution in [-0.2, 0) is 6.54 Å². The molecule has 0 aliphatic rings. The van der Waals surface area contributed by atoms with E-state index >= 15 is 0 Å². The second-order valence-electron chi connectivity index (χ2n) is 4.59. The molecule has 3 nitrogen and oxygen atoms in total. The summed E-state index contributed by atoms with van der Waals surface area (Å²) in [5, 5.41) is 0. The molecular formula is C16H17FN2O. The van der Waals surface area contributed by atoms with Gasteiger partial charge in [0.05, 0.1) is 0 Å². The predicted molar refractivity (Wildman–Crippen MR) is 75.8 cm³/mol. The van der Waals surface area contributed by atoms with Crippen molar-refractivity contribution in [3.63, 3.8) is 0 Å². The Hall–Kier alpha value is -2.23. The van der Waals surface area contributed by atoms with Crippen LogP contribution in [0.4, 0.5) is 4.39 Å². The standard InChI is InChI=1S/C16H17FN2O/c1-3-19(11-13-8-5-4-7-12(13)2)16(20)14-9-6-10-15(17)18-14/h4-10H,3,11H2,1-2H3. The van der Waals surface area contributed by atoms with Gasteiger partial charge < -0.3 is 4.90 Å². The van der Waals surface area contributed by atoms with Crippen LogP contribution in [0.3, 0.4) is 0 Å². The van der Waals surface area contributed by atoms with Crippen LogP contribution in [0.15, 0.2) is 42.5 Å². The number of aryl methyl sites for hydroxylation is 1. The number of hydrogen-bond donors (Lipinski definition) is 0. The Morgan fingerprint density at radius 1 is 1.20 bits per heavy atom. The van der Waals surface area contributed by atoms with Crippen molar-refractivity contribution in [3.8, 4) is 0 Å². The van der Waals surface area contributed by atoms with Crippen LogP contribution in [0, 0.1) is 12.9 Å². The van der Waals surface area contributed by atoms with Crippen molar-refractivity contribution in [1.29, 1.82) is 0 Å². The van der Waals surface area contributed by atoms with Crippen LogP contribution in [0.2, 0.25) is 0 Å². The third-order valence-electron chi connectivity index (χ3n) is 3.23. The van der Waals surface area contributed by atoms with Gasteiger partial charge in [0.15, 0.2) is 0 Å². The van der Waals surface area contributed by atoms with Crippen molar-refractivity contribution >= 4 is 5.91 Å². The Morgan fingerprint density at radius 3 is 2.60 bits per heavy atom. The lowest BCUT2D eigenvalue weighted by atomic mass is 10.1. The third-order valence-corrected chi connectivity index (χ3v) is 3.23. The molecule has 0 bridgehead atoms. The number of aromatic nitrogens is 1. The number of rotatable bonds is 4. The van der Waals surface area contributed by atoms with Crippen molar-refractivity contribution in [1.82, 2.24) is 9.88 Å². The van der Waals surface area contributed by atoms with Crippen LogP contribution in [0.1, 0.15) is 28.5 Å². The van der Waals surface area contributed by atoms with Crippen molar-refractivity contribution in [2.45, 2.75) is 20.4 Å². The molecule has 1 aromatic heterocycles. The molecule has 1 heterocycles. The van der Waals surface area contributed by atoms with E-state index in [1.807, 2.05) is 38.1 Å². The Bertz CT molecular complexity index is 613. The number of halogens is 1. The van der Waals surface area contributed by atoms with Gasteiger partial charge >= 0.3 is 0 Å². The number of hydrogen-bond acceptors (Lipinski definition) is 2. The summed E-state index contributed by atoms with van der Waals surface area (Å²) in [6.07, 6.45) is 0. The smallest absolute Gasteiger partial charge is 0.272 e. The van der Waals surface area contributed by atoms with E-state index in [2.05, 4.69) is 4.98 Å². The van der Waals surface area contributed by atoms with Gasteiger partial charge in [-0.2, -0.15) is 4.39 Å². The van der Waals surface area contributed by atoms with Crippen molar-refractivity contribution in [3.05, 3.63) is 65.2 Å². The Morgan fingerprint density at radius 2 is 1.95 bits per heavy atom. The second kappa shape index (κ2) is 6.28. The molecule has 0 saturated heterocycles. The molecule has 2 rings (SSSR count). The number of carbonyl (C=O) groups excluding carboxylic acids is 1. The summed E-state index contributed by atoms with van der Waals surface area (Å²) in [4.78, 5) is 17.6. The third kappa shape index (κ3) is 3.20. The van der Waals surface area contributed by atoms with Gasteiger partial charge in [0.2, 0.25) is 5.95 Å². The van der Waals surface area contributed by atoms with E-state index < -0.39 is 5.95 Å². The molecule has 4 heteroatoms. The summed E-state index contributed by atoms with van der Waals surface area (Å²) >= 11 is 0. The summed E-state index contributed by atoms with van der Waals surface area (Å²) in [5.41, 5.74) is 2.35. The minimum atomic E-state index is -0.636. The summed E-state index contributed by atoms with van der Waals surface area (Å²) in [7, 11) is 0. The molecule has 2 aromatic rings. The molecule has 0 fully saturated rings. The normalized spacial score (nSPS) is 10.3. The van der Waals surface area contributed by atoms with Gasteiger partial charge in [-0.15, -0.1) is 0 Å². The Kier molecular flexibility index (Phi) is 4.45. The first-order valence-corrected chi connectivity index (χ1v) is 6.58. The zero-order valence-corrected chi connectivity index (χ0v) is 11.6. The van der Waals surface area contributed by atoms with Crippen LogP contribution in [0.5, 0.6) is 0 Å². The lowest BCUT2D eigenvalue weighted by Crippen LogP contribution is -2.31. The van der Waals surface area contributed by atoms with E-state index in [9.17, 15) is 9.18 Å². The number of nitrogens with zero attached hydrogens (tertiary/aromatic N) is 2. The number of benzene rings is 1. The Balaban J connectivity index is 2.20. The van der Waals surface area contributed by atoms with Crippen molar-refractivity contribution in [2.24, 2.45) is 0 Å². The lowest BCUT2D eigenvalue weighted by molar-refractivity contribution is 0.0745. The monoisotopic (exact) mass is 272 g/mol. The first-order valence-electron chi connectivity index (χ1n) is 6.58. The maximum atomic E-state index is 13.1. The first kappa shape index (κ1) is 14.2. The fourth-order valence-electron chi connectivity index (χ4n) is 2.01. The van der Waals surface area contributed by atoms with Gasteiger partial charge in [0.1, 0.15) is 5.69 Å². The molecule has 104 valence electrons. The second-order valence-corrected chi connectivity index (χ2v) is 4.59. The molecule has 0 atom stereocenters. The largest absolute Gasteiger partial charge is 0.333 e. The predicted octanol–water partition coefficient (Wildman–Crippen LogP) is 3.19. The van der Waals surface area contributed by atoms with Crippen LogP contribution in [0.25, 0.3) is 0 Å². The fourth-order valence-corrected chi connectivity index (χ4v) is 2.01. The summed E-state index contributed by atoms with van der Waals surface area (Å²) in [6.45, 7) is 4.95. The van der Waals surface area contributed by atoms with E-state index in [-0.39, 0.29) is 11.6 Å². The first-order chi connectivity index (χ1) is 9.61. The average Bonchev–Trinajstić information content (AvgIpc) is 2.46. The van der Waals surface area contributed by atoms with Gasteiger partial charge in [-0.1, -0.05) is 30.3 Å². The molecule has 0 N–H and O–H groups in total. The highest BCUT2D eigenvalue weighted by molar-refractivity contribution is 5.92. The Labute approximate surface area is 118 Å². The minimum absolute atomic E-state index is 0.139. The van der Waals surface area contributed by atoms with E-state index in [4.69, 9.17) is 0 Å². The van der Waals surface area contributed by atoms with E-state index in [1.165, 1.54) is 18.2 Å². The van der Waals surface area contributed by atoms with Crippen molar-refractivity contribution in [2.75, 3.05) is 6.54 Å². The number of pyridine rings is 1. The zero-order chi connectivity index (χ0) is 14.5. The van der Waals surface area contributed by atoms with Crippen LogP contribution in [-0.4, -0.2) is 22.3 Å². The van der Waals surface area contributed by atoms with Gasteiger partial charge in [-0.3, -0.25) is 4.79 Å². The summed E-state index contributed by atoms with van der Waals surface area (Å²) < 4.78 is 13.1. The van der Waals surface area contributed by atoms with Gasteiger partial charge in [-0.05, 0) is 37.1 Å². The molecule has 1 aromatic carbocycles. The zero-order valence-electron chi connectivity index (χ0n) is 11.6. The summed E-state index contributed by atoms with van der Waals surface area (Å²) in [6, 6.07) is 12.2. The quantitative estimate of drug-likeness (QED) is 0.801. The van der Waals surface area contributed by atoms with Crippen LogP contribution >= 0.6 is 0 Å².